The highest BCUT2D eigenvalue weighted by atomic mass is 19.1. The van der Waals surface area contributed by atoms with Crippen molar-refractivity contribution < 1.29 is 23.8 Å². The summed E-state index contributed by atoms with van der Waals surface area (Å²) in [6.45, 7) is 0.159. The van der Waals surface area contributed by atoms with Crippen LogP contribution in [0.5, 0.6) is 5.75 Å². The van der Waals surface area contributed by atoms with Crippen molar-refractivity contribution in [1.82, 2.24) is 0 Å². The van der Waals surface area contributed by atoms with Crippen LogP contribution in [-0.2, 0) is 6.61 Å². The Kier molecular flexibility index (Phi) is 4.10. The Balaban J connectivity index is 2.08. The molecule has 0 aliphatic carbocycles. The number of rotatable bonds is 5. The molecule has 102 valence electrons. The van der Waals surface area contributed by atoms with Gasteiger partial charge >= 0.3 is 5.97 Å². The van der Waals surface area contributed by atoms with E-state index in [9.17, 15) is 14.0 Å². The molecule has 0 saturated carbocycles. The zero-order chi connectivity index (χ0) is 14.5. The maximum atomic E-state index is 12.9. The number of ether oxygens (including phenoxy) is 1. The van der Waals surface area contributed by atoms with E-state index < -0.39 is 11.8 Å². The predicted octanol–water partition coefficient (Wildman–Crippen LogP) is 2.92. The lowest BCUT2D eigenvalue weighted by atomic mass is 10.1. The number of carbonyl (C=O) groups excluding carboxylic acids is 1. The van der Waals surface area contributed by atoms with Gasteiger partial charge in [-0.05, 0) is 35.9 Å². The molecule has 0 saturated heterocycles. The molecule has 0 amide bonds. The molecule has 0 heterocycles. The fourth-order valence-electron chi connectivity index (χ4n) is 1.65. The molecule has 2 aromatic rings. The molecular weight excluding hydrogens is 263 g/mol. The van der Waals surface area contributed by atoms with Gasteiger partial charge in [-0.3, -0.25) is 4.79 Å². The first kappa shape index (κ1) is 13.7. The van der Waals surface area contributed by atoms with E-state index >= 15 is 0 Å². The lowest BCUT2D eigenvalue weighted by molar-refractivity contribution is 0.0696. The maximum absolute atomic E-state index is 12.9. The summed E-state index contributed by atoms with van der Waals surface area (Å²) in [5, 5.41) is 8.77. The number of carbonyl (C=O) groups is 2. The second-order valence-electron chi connectivity index (χ2n) is 4.09. The standard InChI is InChI=1S/C15H11FO4/c16-13-5-6-14(12(7-13)8-17)20-9-10-1-3-11(4-2-10)15(18)19/h1-8H,9H2,(H,18,19). The first-order valence-electron chi connectivity index (χ1n) is 5.80. The van der Waals surface area contributed by atoms with Crippen molar-refractivity contribution in [2.45, 2.75) is 6.61 Å². The third kappa shape index (κ3) is 3.20. The van der Waals surface area contributed by atoms with Crippen LogP contribution in [0.2, 0.25) is 0 Å². The van der Waals surface area contributed by atoms with Gasteiger partial charge in [0.05, 0.1) is 11.1 Å². The predicted molar refractivity (Wildman–Crippen MR) is 69.5 cm³/mol. The molecule has 0 unspecified atom stereocenters. The highest BCUT2D eigenvalue weighted by Gasteiger charge is 2.06. The van der Waals surface area contributed by atoms with Crippen LogP contribution >= 0.6 is 0 Å². The second-order valence-corrected chi connectivity index (χ2v) is 4.09. The van der Waals surface area contributed by atoms with Crippen LogP contribution in [0.15, 0.2) is 42.5 Å². The third-order valence-electron chi connectivity index (χ3n) is 2.69. The van der Waals surface area contributed by atoms with Crippen molar-refractivity contribution in [3.63, 3.8) is 0 Å². The summed E-state index contributed by atoms with van der Waals surface area (Å²) in [7, 11) is 0. The Labute approximate surface area is 114 Å². The number of hydrogen-bond acceptors (Lipinski definition) is 3. The van der Waals surface area contributed by atoms with Gasteiger partial charge < -0.3 is 9.84 Å². The van der Waals surface area contributed by atoms with Gasteiger partial charge in [0.2, 0.25) is 0 Å². The molecule has 0 fully saturated rings. The van der Waals surface area contributed by atoms with E-state index in [4.69, 9.17) is 9.84 Å². The maximum Gasteiger partial charge on any atom is 0.335 e. The minimum atomic E-state index is -1.00. The van der Waals surface area contributed by atoms with E-state index in [2.05, 4.69) is 0 Å². The summed E-state index contributed by atoms with van der Waals surface area (Å²) in [6.07, 6.45) is 0.520. The fourth-order valence-corrected chi connectivity index (χ4v) is 1.65. The number of benzene rings is 2. The molecule has 0 bridgehead atoms. The van der Waals surface area contributed by atoms with Gasteiger partial charge in [-0.25, -0.2) is 9.18 Å². The summed E-state index contributed by atoms with van der Waals surface area (Å²) < 4.78 is 18.4. The molecular formula is C15H11FO4. The van der Waals surface area contributed by atoms with Gasteiger partial charge in [0.15, 0.2) is 6.29 Å². The average molecular weight is 274 g/mol. The summed E-state index contributed by atoms with van der Waals surface area (Å²) in [6, 6.07) is 9.84. The number of halogens is 1. The molecule has 2 rings (SSSR count). The van der Waals surface area contributed by atoms with E-state index in [1.807, 2.05) is 0 Å². The van der Waals surface area contributed by atoms with Crippen LogP contribution in [0.1, 0.15) is 26.3 Å². The molecule has 2 aromatic carbocycles. The quantitative estimate of drug-likeness (QED) is 0.851. The Morgan fingerprint density at radius 1 is 1.20 bits per heavy atom. The van der Waals surface area contributed by atoms with Crippen LogP contribution in [0.25, 0.3) is 0 Å². The number of carboxylic acids is 1. The van der Waals surface area contributed by atoms with Crippen molar-refractivity contribution in [1.29, 1.82) is 0 Å². The van der Waals surface area contributed by atoms with Crippen LogP contribution in [-0.4, -0.2) is 17.4 Å². The largest absolute Gasteiger partial charge is 0.488 e. The van der Waals surface area contributed by atoms with Gasteiger partial charge in [0.1, 0.15) is 18.2 Å². The summed E-state index contributed by atoms with van der Waals surface area (Å²) >= 11 is 0. The molecule has 5 heteroatoms. The second kappa shape index (κ2) is 5.97. The molecule has 0 aliphatic rings. The van der Waals surface area contributed by atoms with Crippen molar-refractivity contribution in [3.8, 4) is 5.75 Å². The fraction of sp³-hybridized carbons (Fsp3) is 0.0667. The zero-order valence-electron chi connectivity index (χ0n) is 10.4. The Morgan fingerprint density at radius 3 is 2.50 bits per heavy atom. The normalized spacial score (nSPS) is 10.1. The minimum absolute atomic E-state index is 0.132. The molecule has 20 heavy (non-hydrogen) atoms. The van der Waals surface area contributed by atoms with E-state index in [1.54, 1.807) is 12.1 Å². The molecule has 0 atom stereocenters. The molecule has 0 spiro atoms. The highest BCUT2D eigenvalue weighted by molar-refractivity contribution is 5.87. The van der Waals surface area contributed by atoms with Crippen molar-refractivity contribution >= 4 is 12.3 Å². The average Bonchev–Trinajstić information content (AvgIpc) is 2.46. The van der Waals surface area contributed by atoms with Crippen LogP contribution < -0.4 is 4.74 Å². The third-order valence-corrected chi connectivity index (χ3v) is 2.69. The summed E-state index contributed by atoms with van der Waals surface area (Å²) in [5.41, 5.74) is 1.06. The Hall–Kier alpha value is -2.69. The minimum Gasteiger partial charge on any atom is -0.488 e. The van der Waals surface area contributed by atoms with E-state index in [-0.39, 0.29) is 23.5 Å². The first-order chi connectivity index (χ1) is 9.60. The van der Waals surface area contributed by atoms with E-state index in [0.29, 0.717) is 6.29 Å². The SMILES string of the molecule is O=Cc1cc(F)ccc1OCc1ccc(C(=O)O)cc1. The van der Waals surface area contributed by atoms with Gasteiger partial charge in [-0.2, -0.15) is 0 Å². The topological polar surface area (TPSA) is 63.6 Å². The van der Waals surface area contributed by atoms with Crippen LogP contribution in [0.4, 0.5) is 4.39 Å². The van der Waals surface area contributed by atoms with Crippen molar-refractivity contribution in [3.05, 3.63) is 65.0 Å². The highest BCUT2D eigenvalue weighted by Crippen LogP contribution is 2.19. The van der Waals surface area contributed by atoms with E-state index in [1.165, 1.54) is 24.3 Å². The van der Waals surface area contributed by atoms with Crippen LogP contribution in [0.3, 0.4) is 0 Å². The first-order valence-corrected chi connectivity index (χ1v) is 5.80. The molecule has 0 aliphatic heterocycles. The smallest absolute Gasteiger partial charge is 0.335 e. The molecule has 0 aromatic heterocycles. The van der Waals surface area contributed by atoms with Gasteiger partial charge in [-0.15, -0.1) is 0 Å². The lowest BCUT2D eigenvalue weighted by Gasteiger charge is -2.08. The molecule has 1 N–H and O–H groups in total. The molecule has 4 nitrogen and oxygen atoms in total. The monoisotopic (exact) mass is 274 g/mol. The van der Waals surface area contributed by atoms with Crippen molar-refractivity contribution in [2.24, 2.45) is 0 Å². The van der Waals surface area contributed by atoms with Gasteiger partial charge in [0, 0.05) is 0 Å². The van der Waals surface area contributed by atoms with Crippen molar-refractivity contribution in [2.75, 3.05) is 0 Å². The Bertz CT molecular complexity index is 635. The molecule has 0 radical (unpaired) electrons. The summed E-state index contributed by atoms with van der Waals surface area (Å²) in [5.74, 6) is -1.23. The number of aldehydes is 1. The lowest BCUT2D eigenvalue weighted by Crippen LogP contribution is -2.00. The zero-order valence-corrected chi connectivity index (χ0v) is 10.4. The van der Waals surface area contributed by atoms with Gasteiger partial charge in [-0.1, -0.05) is 12.1 Å². The number of carboxylic acid groups (broad SMARTS) is 1. The number of aromatic carboxylic acids is 1. The van der Waals surface area contributed by atoms with E-state index in [0.717, 1.165) is 11.6 Å². The Morgan fingerprint density at radius 2 is 1.90 bits per heavy atom. The summed E-state index contributed by atoms with van der Waals surface area (Å²) in [4.78, 5) is 21.5. The number of hydrogen-bond donors (Lipinski definition) is 1. The van der Waals surface area contributed by atoms with Crippen LogP contribution in [0, 0.1) is 5.82 Å². The van der Waals surface area contributed by atoms with Gasteiger partial charge in [0.25, 0.3) is 0 Å².